The average Bonchev–Trinajstić information content (AvgIpc) is 2.54. The molecule has 1 aliphatic rings. The molecule has 7 heteroatoms. The first-order valence-electron chi connectivity index (χ1n) is 8.08. The Labute approximate surface area is 139 Å². The molecule has 0 spiro atoms. The zero-order valence-electron chi connectivity index (χ0n) is 13.6. The van der Waals surface area contributed by atoms with E-state index in [-0.39, 0.29) is 23.8 Å². The molecular formula is C17H23F3N2O2. The van der Waals surface area contributed by atoms with Crippen LogP contribution in [0.1, 0.15) is 24.0 Å². The number of nitrogens with zero attached hydrogens (tertiary/aromatic N) is 1. The van der Waals surface area contributed by atoms with Crippen LogP contribution in [0, 0.1) is 5.92 Å². The van der Waals surface area contributed by atoms with Crippen molar-refractivity contribution < 1.29 is 23.1 Å². The van der Waals surface area contributed by atoms with E-state index in [0.717, 1.165) is 6.07 Å². The SMILES string of the molecule is CNC(=O)C1CCN(CC(O)Cc2ccccc2C(F)(F)F)CC1. The fourth-order valence-electron chi connectivity index (χ4n) is 3.17. The van der Waals surface area contributed by atoms with Gasteiger partial charge >= 0.3 is 6.18 Å². The van der Waals surface area contributed by atoms with Gasteiger partial charge in [-0.3, -0.25) is 4.79 Å². The Hall–Kier alpha value is -1.60. The van der Waals surface area contributed by atoms with Crippen LogP contribution in [0.25, 0.3) is 0 Å². The lowest BCUT2D eigenvalue weighted by molar-refractivity contribution is -0.138. The molecule has 2 rings (SSSR count). The van der Waals surface area contributed by atoms with Crippen molar-refractivity contribution in [3.8, 4) is 0 Å². The van der Waals surface area contributed by atoms with Gasteiger partial charge in [0.15, 0.2) is 0 Å². The summed E-state index contributed by atoms with van der Waals surface area (Å²) in [5.74, 6) is 0.00338. The first kappa shape index (κ1) is 18.7. The second-order valence-corrected chi connectivity index (χ2v) is 6.20. The Morgan fingerprint density at radius 2 is 1.96 bits per heavy atom. The maximum absolute atomic E-state index is 13.0. The second-order valence-electron chi connectivity index (χ2n) is 6.20. The van der Waals surface area contributed by atoms with Crippen LogP contribution in [0.5, 0.6) is 0 Å². The van der Waals surface area contributed by atoms with Gasteiger partial charge in [-0.1, -0.05) is 18.2 Å². The van der Waals surface area contributed by atoms with Gasteiger partial charge in [0.25, 0.3) is 0 Å². The number of amides is 1. The third kappa shape index (κ3) is 4.95. The number of nitrogens with one attached hydrogen (secondary N) is 1. The first-order valence-corrected chi connectivity index (χ1v) is 8.08. The van der Waals surface area contributed by atoms with E-state index in [0.29, 0.717) is 32.5 Å². The smallest absolute Gasteiger partial charge is 0.391 e. The van der Waals surface area contributed by atoms with Crippen molar-refractivity contribution in [2.45, 2.75) is 31.5 Å². The number of carbonyl (C=O) groups excluding carboxylic acids is 1. The van der Waals surface area contributed by atoms with Crippen molar-refractivity contribution in [1.29, 1.82) is 0 Å². The number of likely N-dealkylation sites (tertiary alicyclic amines) is 1. The summed E-state index contributed by atoms with van der Waals surface area (Å²) in [5, 5.41) is 12.8. The lowest BCUT2D eigenvalue weighted by Crippen LogP contribution is -2.42. The number of hydrogen-bond donors (Lipinski definition) is 2. The van der Waals surface area contributed by atoms with Crippen LogP contribution >= 0.6 is 0 Å². The molecule has 4 nitrogen and oxygen atoms in total. The maximum atomic E-state index is 13.0. The topological polar surface area (TPSA) is 52.6 Å². The molecule has 134 valence electrons. The average molecular weight is 344 g/mol. The van der Waals surface area contributed by atoms with E-state index in [9.17, 15) is 23.1 Å². The molecule has 1 saturated heterocycles. The Kier molecular flexibility index (Phi) is 6.23. The molecule has 0 aromatic heterocycles. The van der Waals surface area contributed by atoms with E-state index >= 15 is 0 Å². The Morgan fingerprint density at radius 1 is 1.33 bits per heavy atom. The third-order valence-corrected chi connectivity index (χ3v) is 4.45. The Balaban J connectivity index is 1.89. The number of alkyl halides is 3. The number of piperidine rings is 1. The van der Waals surface area contributed by atoms with E-state index in [1.807, 2.05) is 4.90 Å². The van der Waals surface area contributed by atoms with Gasteiger partial charge in [0, 0.05) is 25.9 Å². The fraction of sp³-hybridized carbons (Fsp3) is 0.588. The number of benzene rings is 1. The molecule has 1 amide bonds. The van der Waals surface area contributed by atoms with Crippen LogP contribution in [0.3, 0.4) is 0 Å². The molecule has 0 bridgehead atoms. The van der Waals surface area contributed by atoms with Crippen molar-refractivity contribution in [2.24, 2.45) is 5.92 Å². The number of aliphatic hydroxyl groups is 1. The van der Waals surface area contributed by atoms with Gasteiger partial charge in [0.05, 0.1) is 11.7 Å². The standard InChI is InChI=1S/C17H23F3N2O2/c1-21-16(24)12-6-8-22(9-7-12)11-14(23)10-13-4-2-3-5-15(13)17(18,19)20/h2-5,12,14,23H,6-11H2,1H3,(H,21,24). The third-order valence-electron chi connectivity index (χ3n) is 4.45. The molecule has 0 saturated carbocycles. The van der Waals surface area contributed by atoms with E-state index < -0.39 is 17.8 Å². The van der Waals surface area contributed by atoms with Crippen LogP contribution in [0.2, 0.25) is 0 Å². The Bertz CT molecular complexity index is 555. The van der Waals surface area contributed by atoms with Crippen LogP contribution in [0.4, 0.5) is 13.2 Å². The van der Waals surface area contributed by atoms with E-state index in [1.54, 1.807) is 13.1 Å². The summed E-state index contributed by atoms with van der Waals surface area (Å²) in [6, 6.07) is 5.34. The van der Waals surface area contributed by atoms with Crippen LogP contribution < -0.4 is 5.32 Å². The molecule has 1 aliphatic heterocycles. The number of halogens is 3. The van der Waals surface area contributed by atoms with E-state index in [2.05, 4.69) is 5.32 Å². The summed E-state index contributed by atoms with van der Waals surface area (Å²) in [4.78, 5) is 13.6. The van der Waals surface area contributed by atoms with E-state index in [1.165, 1.54) is 12.1 Å². The van der Waals surface area contributed by atoms with Crippen molar-refractivity contribution in [3.05, 3.63) is 35.4 Å². The predicted octanol–water partition coefficient (Wildman–Crippen LogP) is 2.07. The summed E-state index contributed by atoms with van der Waals surface area (Å²) in [5.41, 5.74) is -0.583. The number of rotatable bonds is 5. The summed E-state index contributed by atoms with van der Waals surface area (Å²) in [6.07, 6.45) is -3.92. The van der Waals surface area contributed by atoms with Crippen LogP contribution in [0.15, 0.2) is 24.3 Å². The highest BCUT2D eigenvalue weighted by Crippen LogP contribution is 2.32. The number of carbonyl (C=O) groups is 1. The van der Waals surface area contributed by atoms with Crippen molar-refractivity contribution in [2.75, 3.05) is 26.7 Å². The molecule has 1 fully saturated rings. The zero-order chi connectivity index (χ0) is 17.7. The highest BCUT2D eigenvalue weighted by molar-refractivity contribution is 5.78. The zero-order valence-corrected chi connectivity index (χ0v) is 13.6. The number of aliphatic hydroxyl groups excluding tert-OH is 1. The monoisotopic (exact) mass is 344 g/mol. The van der Waals surface area contributed by atoms with Crippen LogP contribution in [-0.4, -0.2) is 48.7 Å². The summed E-state index contributed by atoms with van der Waals surface area (Å²) >= 11 is 0. The highest BCUT2D eigenvalue weighted by Gasteiger charge is 2.33. The van der Waals surface area contributed by atoms with Gasteiger partial charge in [0.2, 0.25) is 5.91 Å². The molecule has 1 aromatic rings. The lowest BCUT2D eigenvalue weighted by atomic mass is 9.95. The van der Waals surface area contributed by atoms with Gasteiger partial charge < -0.3 is 15.3 Å². The van der Waals surface area contributed by atoms with Gasteiger partial charge in [-0.25, -0.2) is 0 Å². The predicted molar refractivity (Wildman–Crippen MR) is 84.4 cm³/mol. The number of hydrogen-bond acceptors (Lipinski definition) is 3. The molecule has 1 atom stereocenters. The van der Waals surface area contributed by atoms with Crippen molar-refractivity contribution in [1.82, 2.24) is 10.2 Å². The van der Waals surface area contributed by atoms with Crippen molar-refractivity contribution in [3.63, 3.8) is 0 Å². The quantitative estimate of drug-likeness (QED) is 0.860. The second kappa shape index (κ2) is 7.98. The molecular weight excluding hydrogens is 321 g/mol. The minimum Gasteiger partial charge on any atom is -0.391 e. The van der Waals surface area contributed by atoms with Crippen LogP contribution in [-0.2, 0) is 17.4 Å². The minimum atomic E-state index is -4.41. The fourth-order valence-corrected chi connectivity index (χ4v) is 3.17. The van der Waals surface area contributed by atoms with Gasteiger partial charge in [-0.15, -0.1) is 0 Å². The lowest BCUT2D eigenvalue weighted by Gasteiger charge is -2.32. The molecule has 24 heavy (non-hydrogen) atoms. The summed E-state index contributed by atoms with van der Waals surface area (Å²) < 4.78 is 38.9. The summed E-state index contributed by atoms with van der Waals surface area (Å²) in [6.45, 7) is 1.64. The molecule has 2 N–H and O–H groups in total. The summed E-state index contributed by atoms with van der Waals surface area (Å²) in [7, 11) is 1.61. The largest absolute Gasteiger partial charge is 0.416 e. The Morgan fingerprint density at radius 3 is 2.54 bits per heavy atom. The molecule has 0 aliphatic carbocycles. The maximum Gasteiger partial charge on any atom is 0.416 e. The van der Waals surface area contributed by atoms with Gasteiger partial charge in [0.1, 0.15) is 0 Å². The van der Waals surface area contributed by atoms with E-state index in [4.69, 9.17) is 0 Å². The van der Waals surface area contributed by atoms with Gasteiger partial charge in [-0.05, 0) is 37.6 Å². The van der Waals surface area contributed by atoms with Gasteiger partial charge in [-0.2, -0.15) is 13.2 Å². The minimum absolute atomic E-state index is 0.0191. The molecule has 1 unspecified atom stereocenters. The normalized spacial score (nSPS) is 18.4. The highest BCUT2D eigenvalue weighted by atomic mass is 19.4. The molecule has 1 heterocycles. The van der Waals surface area contributed by atoms with Crippen molar-refractivity contribution >= 4 is 5.91 Å². The number of β-amino-alcohol motifs (C(OH)–C–C–N with tert-alkyl or cyclic N) is 1. The molecule has 1 aromatic carbocycles. The first-order chi connectivity index (χ1) is 11.3. The molecule has 0 radical (unpaired) electrons.